The molecule has 1 aliphatic rings. The average molecular weight is 297 g/mol. The van der Waals surface area contributed by atoms with Crippen LogP contribution in [-0.2, 0) is 0 Å². The van der Waals surface area contributed by atoms with E-state index in [0.29, 0.717) is 5.92 Å². The molecule has 0 saturated heterocycles. The van der Waals surface area contributed by atoms with Gasteiger partial charge in [-0.2, -0.15) is 0 Å². The van der Waals surface area contributed by atoms with Crippen molar-refractivity contribution >= 4 is 8.07 Å². The zero-order chi connectivity index (χ0) is 15.4. The lowest BCUT2D eigenvalue weighted by molar-refractivity contribution is -0.0833. The summed E-state index contributed by atoms with van der Waals surface area (Å²) in [6.07, 6.45) is 5.10. The van der Waals surface area contributed by atoms with Gasteiger partial charge in [0.2, 0.25) is 0 Å². The molecular formula is C17H32O2Si. The molecule has 0 aromatic rings. The van der Waals surface area contributed by atoms with Crippen LogP contribution in [0.5, 0.6) is 0 Å². The Morgan fingerprint density at radius 1 is 1.10 bits per heavy atom. The Hall–Kier alpha value is -0.303. The maximum Gasteiger partial charge on any atom is 0.129 e. The van der Waals surface area contributed by atoms with Gasteiger partial charge in [-0.25, -0.2) is 0 Å². The molecule has 1 aliphatic carbocycles. The molecular weight excluding hydrogens is 264 g/mol. The van der Waals surface area contributed by atoms with Crippen molar-refractivity contribution in [3.05, 3.63) is 0 Å². The molecule has 0 heterocycles. The second kappa shape index (κ2) is 6.64. The van der Waals surface area contributed by atoms with E-state index in [1.807, 2.05) is 0 Å². The standard InChI is InChI=1S/C17H32O2Si/c1-16(2)10-8-11-17(13-18,14-19)15(16)9-6-7-12-20(3,4)5/h15,18-19H,6,8-11,13-14H2,1-5H3. The van der Waals surface area contributed by atoms with Crippen LogP contribution in [-0.4, -0.2) is 31.5 Å². The number of rotatable bonds is 4. The highest BCUT2D eigenvalue weighted by atomic mass is 28.3. The Bertz CT molecular complexity index is 367. The first kappa shape index (κ1) is 17.7. The molecule has 0 aromatic heterocycles. The number of aliphatic hydroxyl groups excluding tert-OH is 2. The van der Waals surface area contributed by atoms with Crippen molar-refractivity contribution in [2.45, 2.75) is 65.6 Å². The van der Waals surface area contributed by atoms with Gasteiger partial charge in [-0.15, -0.1) is 11.5 Å². The lowest BCUT2D eigenvalue weighted by Crippen LogP contribution is -2.48. The van der Waals surface area contributed by atoms with Crippen LogP contribution >= 0.6 is 0 Å². The summed E-state index contributed by atoms with van der Waals surface area (Å²) < 4.78 is 0. The van der Waals surface area contributed by atoms with Gasteiger partial charge in [0.15, 0.2) is 0 Å². The monoisotopic (exact) mass is 296 g/mol. The van der Waals surface area contributed by atoms with E-state index in [0.717, 1.165) is 25.7 Å². The second-order valence-corrected chi connectivity index (χ2v) is 12.9. The number of aliphatic hydroxyl groups is 2. The van der Waals surface area contributed by atoms with E-state index in [1.165, 1.54) is 6.42 Å². The van der Waals surface area contributed by atoms with Gasteiger partial charge >= 0.3 is 0 Å². The van der Waals surface area contributed by atoms with Gasteiger partial charge in [0.05, 0.1) is 13.2 Å². The van der Waals surface area contributed by atoms with Gasteiger partial charge in [0, 0.05) is 11.8 Å². The van der Waals surface area contributed by atoms with Crippen LogP contribution in [0.25, 0.3) is 0 Å². The first-order valence-electron chi connectivity index (χ1n) is 7.89. The van der Waals surface area contributed by atoms with Crippen molar-refractivity contribution in [1.82, 2.24) is 0 Å². The molecule has 2 N–H and O–H groups in total. The SMILES string of the molecule is CC1(C)CCCC(CO)(CO)C1CCC#C[Si](C)(C)C. The van der Waals surface area contributed by atoms with Crippen LogP contribution in [0.3, 0.4) is 0 Å². The predicted molar refractivity (Wildman–Crippen MR) is 88.1 cm³/mol. The number of hydrogen-bond donors (Lipinski definition) is 2. The highest BCUT2D eigenvalue weighted by Gasteiger charge is 2.48. The highest BCUT2D eigenvalue weighted by Crippen LogP contribution is 2.52. The average Bonchev–Trinajstić information content (AvgIpc) is 2.34. The lowest BCUT2D eigenvalue weighted by Gasteiger charge is -2.51. The summed E-state index contributed by atoms with van der Waals surface area (Å²) in [5.74, 6) is 3.70. The van der Waals surface area contributed by atoms with Crippen LogP contribution in [0.1, 0.15) is 46.0 Å². The van der Waals surface area contributed by atoms with Crippen molar-refractivity contribution in [3.63, 3.8) is 0 Å². The summed E-state index contributed by atoms with van der Waals surface area (Å²) in [7, 11) is -1.29. The van der Waals surface area contributed by atoms with Crippen LogP contribution in [0, 0.1) is 28.2 Å². The van der Waals surface area contributed by atoms with Gasteiger partial charge in [0.1, 0.15) is 8.07 Å². The fourth-order valence-electron chi connectivity index (χ4n) is 3.74. The molecule has 0 radical (unpaired) electrons. The molecule has 1 saturated carbocycles. The van der Waals surface area contributed by atoms with Gasteiger partial charge in [-0.3, -0.25) is 0 Å². The van der Waals surface area contributed by atoms with Crippen molar-refractivity contribution in [2.24, 2.45) is 16.7 Å². The first-order chi connectivity index (χ1) is 9.17. The van der Waals surface area contributed by atoms with E-state index in [-0.39, 0.29) is 24.0 Å². The smallest absolute Gasteiger partial charge is 0.129 e. The van der Waals surface area contributed by atoms with Crippen molar-refractivity contribution < 1.29 is 10.2 Å². The molecule has 0 aromatic carbocycles. The van der Waals surface area contributed by atoms with Crippen LogP contribution in [0.15, 0.2) is 0 Å². The lowest BCUT2D eigenvalue weighted by atomic mass is 9.55. The third-order valence-corrected chi connectivity index (χ3v) is 5.76. The Morgan fingerprint density at radius 2 is 1.70 bits per heavy atom. The minimum absolute atomic E-state index is 0.0963. The summed E-state index contributed by atoms with van der Waals surface area (Å²) >= 11 is 0. The molecule has 2 nitrogen and oxygen atoms in total. The Labute approximate surface area is 126 Å². The molecule has 20 heavy (non-hydrogen) atoms. The zero-order valence-electron chi connectivity index (χ0n) is 13.9. The van der Waals surface area contributed by atoms with Crippen molar-refractivity contribution in [3.8, 4) is 11.5 Å². The Morgan fingerprint density at radius 3 is 2.20 bits per heavy atom. The third kappa shape index (κ3) is 4.34. The minimum Gasteiger partial charge on any atom is -0.396 e. The van der Waals surface area contributed by atoms with E-state index < -0.39 is 8.07 Å². The molecule has 0 spiro atoms. The fraction of sp³-hybridized carbons (Fsp3) is 0.882. The van der Waals surface area contributed by atoms with E-state index in [4.69, 9.17) is 0 Å². The van der Waals surface area contributed by atoms with Crippen LogP contribution in [0.4, 0.5) is 0 Å². The Kier molecular flexibility index (Phi) is 5.89. The van der Waals surface area contributed by atoms with Crippen LogP contribution < -0.4 is 0 Å². The van der Waals surface area contributed by atoms with Gasteiger partial charge in [-0.1, -0.05) is 39.9 Å². The number of hydrogen-bond acceptors (Lipinski definition) is 2. The van der Waals surface area contributed by atoms with Crippen molar-refractivity contribution in [1.29, 1.82) is 0 Å². The predicted octanol–water partition coefficient (Wildman–Crippen LogP) is 3.44. The highest BCUT2D eigenvalue weighted by molar-refractivity contribution is 6.83. The largest absolute Gasteiger partial charge is 0.396 e. The topological polar surface area (TPSA) is 40.5 Å². The summed E-state index contributed by atoms with van der Waals surface area (Å²) in [5, 5.41) is 19.7. The molecule has 1 atom stereocenters. The third-order valence-electron chi connectivity index (χ3n) is 4.83. The van der Waals surface area contributed by atoms with E-state index in [9.17, 15) is 10.2 Å². The van der Waals surface area contributed by atoms with E-state index >= 15 is 0 Å². The zero-order valence-corrected chi connectivity index (χ0v) is 14.9. The maximum absolute atomic E-state index is 9.84. The molecule has 3 heteroatoms. The normalized spacial score (nSPS) is 24.9. The van der Waals surface area contributed by atoms with Gasteiger partial charge in [0.25, 0.3) is 0 Å². The Balaban J connectivity index is 2.81. The fourth-order valence-corrected chi connectivity index (χ4v) is 4.40. The first-order valence-corrected chi connectivity index (χ1v) is 11.4. The molecule has 116 valence electrons. The van der Waals surface area contributed by atoms with Crippen molar-refractivity contribution in [2.75, 3.05) is 13.2 Å². The summed E-state index contributed by atoms with van der Waals surface area (Å²) in [5.41, 5.74) is 3.30. The van der Waals surface area contributed by atoms with Gasteiger partial charge < -0.3 is 10.2 Å². The van der Waals surface area contributed by atoms with E-state index in [1.54, 1.807) is 0 Å². The molecule has 1 rings (SSSR count). The molecule has 1 unspecified atom stereocenters. The second-order valence-electron chi connectivity index (χ2n) is 8.16. The van der Waals surface area contributed by atoms with Crippen LogP contribution in [0.2, 0.25) is 19.6 Å². The van der Waals surface area contributed by atoms with Gasteiger partial charge in [-0.05, 0) is 30.6 Å². The quantitative estimate of drug-likeness (QED) is 0.616. The summed E-state index contributed by atoms with van der Waals surface area (Å²) in [4.78, 5) is 0. The molecule has 0 bridgehead atoms. The minimum atomic E-state index is -1.29. The maximum atomic E-state index is 9.84. The molecule has 0 aliphatic heterocycles. The molecule has 0 amide bonds. The summed E-state index contributed by atoms with van der Waals surface area (Å²) in [6, 6.07) is 0. The summed E-state index contributed by atoms with van der Waals surface area (Å²) in [6.45, 7) is 11.5. The van der Waals surface area contributed by atoms with E-state index in [2.05, 4.69) is 45.0 Å². The molecule has 1 fully saturated rings.